The Labute approximate surface area is 165 Å². The van der Waals surface area contributed by atoms with E-state index < -0.39 is 17.1 Å². The number of amides is 2. The lowest BCUT2D eigenvalue weighted by molar-refractivity contribution is -0.130. The van der Waals surface area contributed by atoms with Crippen molar-refractivity contribution in [3.8, 4) is 6.07 Å². The zero-order chi connectivity index (χ0) is 20.1. The molecule has 1 heterocycles. The van der Waals surface area contributed by atoms with Crippen LogP contribution in [-0.4, -0.2) is 42.1 Å². The molecule has 27 heavy (non-hydrogen) atoms. The summed E-state index contributed by atoms with van der Waals surface area (Å²) in [6, 6.07) is 9.61. The first-order chi connectivity index (χ1) is 12.6. The molecule has 1 aromatic rings. The molecule has 1 aliphatic rings. The third-order valence-electron chi connectivity index (χ3n) is 4.53. The molecular formula is C20H26ClN3O3. The number of rotatable bonds is 4. The molecule has 0 radical (unpaired) electrons. The quantitative estimate of drug-likeness (QED) is 0.850. The fourth-order valence-electron chi connectivity index (χ4n) is 2.93. The van der Waals surface area contributed by atoms with Crippen LogP contribution in [0.5, 0.6) is 0 Å². The Hall–Kier alpha value is -2.26. The van der Waals surface area contributed by atoms with Gasteiger partial charge in [0.1, 0.15) is 11.0 Å². The maximum atomic E-state index is 12.6. The van der Waals surface area contributed by atoms with Crippen molar-refractivity contribution in [2.75, 3.05) is 19.6 Å². The molecule has 6 nitrogen and oxygen atoms in total. The third kappa shape index (κ3) is 5.86. The van der Waals surface area contributed by atoms with Gasteiger partial charge in [-0.15, -0.1) is 0 Å². The summed E-state index contributed by atoms with van der Waals surface area (Å²) in [4.78, 5) is 26.3. The number of ether oxygens (including phenoxy) is 1. The van der Waals surface area contributed by atoms with E-state index in [9.17, 15) is 14.9 Å². The molecule has 0 aromatic heterocycles. The van der Waals surface area contributed by atoms with Crippen LogP contribution < -0.4 is 5.32 Å². The Morgan fingerprint density at radius 1 is 1.26 bits per heavy atom. The van der Waals surface area contributed by atoms with Crippen molar-refractivity contribution in [2.45, 2.75) is 45.6 Å². The summed E-state index contributed by atoms with van der Waals surface area (Å²) >= 11 is 5.86. The highest BCUT2D eigenvalue weighted by Crippen LogP contribution is 2.31. The van der Waals surface area contributed by atoms with Crippen LogP contribution in [0.25, 0.3) is 0 Å². The summed E-state index contributed by atoms with van der Waals surface area (Å²) in [5.74, 6) is -0.275. The van der Waals surface area contributed by atoms with Gasteiger partial charge in [-0.25, -0.2) is 4.79 Å². The predicted molar refractivity (Wildman–Crippen MR) is 103 cm³/mol. The lowest BCUT2D eigenvalue weighted by Gasteiger charge is -2.36. The summed E-state index contributed by atoms with van der Waals surface area (Å²) in [5, 5.41) is 13.1. The minimum atomic E-state index is -1.10. The van der Waals surface area contributed by atoms with Gasteiger partial charge in [0.25, 0.3) is 0 Å². The summed E-state index contributed by atoms with van der Waals surface area (Å²) in [6.07, 6.45) is 0.858. The average Bonchev–Trinajstić information content (AvgIpc) is 2.62. The van der Waals surface area contributed by atoms with Gasteiger partial charge in [-0.1, -0.05) is 23.7 Å². The van der Waals surface area contributed by atoms with Gasteiger partial charge in [-0.05, 0) is 57.7 Å². The largest absolute Gasteiger partial charge is 0.444 e. The Balaban J connectivity index is 1.86. The monoisotopic (exact) mass is 391 g/mol. The van der Waals surface area contributed by atoms with Crippen LogP contribution in [0.2, 0.25) is 5.02 Å². The van der Waals surface area contributed by atoms with Gasteiger partial charge in [0.05, 0.1) is 6.07 Å². The first-order valence-electron chi connectivity index (χ1n) is 9.07. The highest BCUT2D eigenvalue weighted by molar-refractivity contribution is 6.30. The molecule has 0 spiro atoms. The van der Waals surface area contributed by atoms with Crippen molar-refractivity contribution in [3.05, 3.63) is 34.9 Å². The lowest BCUT2D eigenvalue weighted by atomic mass is 9.79. The number of piperidine rings is 1. The van der Waals surface area contributed by atoms with Crippen molar-refractivity contribution < 1.29 is 14.3 Å². The number of nitrogens with one attached hydrogen (secondary N) is 1. The van der Waals surface area contributed by atoms with Crippen LogP contribution in [-0.2, 0) is 16.0 Å². The summed E-state index contributed by atoms with van der Waals surface area (Å²) in [6.45, 7) is 6.52. The van der Waals surface area contributed by atoms with Gasteiger partial charge in [-0.2, -0.15) is 5.26 Å². The van der Waals surface area contributed by atoms with Crippen molar-refractivity contribution >= 4 is 23.6 Å². The maximum Gasteiger partial charge on any atom is 0.410 e. The van der Waals surface area contributed by atoms with Crippen LogP contribution in [0.15, 0.2) is 24.3 Å². The molecule has 2 rings (SSSR count). The summed E-state index contributed by atoms with van der Waals surface area (Å²) < 4.78 is 5.36. The van der Waals surface area contributed by atoms with Gasteiger partial charge in [0.15, 0.2) is 0 Å². The van der Waals surface area contributed by atoms with E-state index in [-0.39, 0.29) is 5.91 Å². The van der Waals surface area contributed by atoms with Gasteiger partial charge in [0.2, 0.25) is 5.91 Å². The average molecular weight is 392 g/mol. The molecule has 1 saturated heterocycles. The van der Waals surface area contributed by atoms with Gasteiger partial charge >= 0.3 is 6.09 Å². The number of carbonyl (C=O) groups is 2. The first-order valence-corrected chi connectivity index (χ1v) is 9.45. The smallest absolute Gasteiger partial charge is 0.410 e. The molecule has 2 amide bonds. The topological polar surface area (TPSA) is 82.4 Å². The van der Waals surface area contributed by atoms with E-state index in [1.807, 2.05) is 45.0 Å². The molecule has 1 aliphatic heterocycles. The highest BCUT2D eigenvalue weighted by Gasteiger charge is 2.43. The van der Waals surface area contributed by atoms with E-state index in [2.05, 4.69) is 11.4 Å². The van der Waals surface area contributed by atoms with E-state index >= 15 is 0 Å². The van der Waals surface area contributed by atoms with Crippen LogP contribution in [0.4, 0.5) is 4.79 Å². The number of carbonyl (C=O) groups excluding carboxylic acids is 2. The van der Waals surface area contributed by atoms with Crippen molar-refractivity contribution in [3.63, 3.8) is 0 Å². The van der Waals surface area contributed by atoms with Crippen LogP contribution >= 0.6 is 11.6 Å². The molecule has 0 atom stereocenters. The van der Waals surface area contributed by atoms with Crippen LogP contribution in [0.1, 0.15) is 39.2 Å². The lowest BCUT2D eigenvalue weighted by Crippen LogP contribution is -2.50. The van der Waals surface area contributed by atoms with Crippen LogP contribution in [0.3, 0.4) is 0 Å². The molecule has 1 fully saturated rings. The van der Waals surface area contributed by atoms with E-state index in [0.717, 1.165) is 5.56 Å². The molecule has 7 heteroatoms. The standard InChI is InChI=1S/C20H26ClN3O3/c1-19(2,3)27-18(26)24-12-9-20(14-22,10-13-24)17(25)23-11-8-15-4-6-16(21)7-5-15/h4-7H,8-13H2,1-3H3,(H,23,25). The van der Waals surface area contributed by atoms with Crippen molar-refractivity contribution in [1.29, 1.82) is 5.26 Å². The fraction of sp³-hybridized carbons (Fsp3) is 0.550. The molecule has 146 valence electrons. The van der Waals surface area contributed by atoms with Crippen molar-refractivity contribution in [2.24, 2.45) is 5.41 Å². The minimum Gasteiger partial charge on any atom is -0.444 e. The second-order valence-electron chi connectivity index (χ2n) is 7.79. The molecule has 1 N–H and O–H groups in total. The van der Waals surface area contributed by atoms with Gasteiger partial charge in [0, 0.05) is 24.7 Å². The molecule has 0 saturated carbocycles. The summed E-state index contributed by atoms with van der Waals surface area (Å²) in [5.41, 5.74) is -0.608. The van der Waals surface area contributed by atoms with E-state index in [1.165, 1.54) is 0 Å². The normalized spacial score (nSPS) is 16.3. The Kier molecular flexibility index (Phi) is 6.72. The Morgan fingerprint density at radius 2 is 1.85 bits per heavy atom. The number of halogens is 1. The maximum absolute atomic E-state index is 12.6. The second-order valence-corrected chi connectivity index (χ2v) is 8.23. The number of hydrogen-bond acceptors (Lipinski definition) is 4. The Morgan fingerprint density at radius 3 is 2.37 bits per heavy atom. The zero-order valence-corrected chi connectivity index (χ0v) is 16.8. The molecule has 0 aliphatic carbocycles. The number of nitriles is 1. The highest BCUT2D eigenvalue weighted by atomic mass is 35.5. The van der Waals surface area contributed by atoms with Gasteiger partial charge < -0.3 is 15.0 Å². The second kappa shape index (κ2) is 8.62. The number of likely N-dealkylation sites (tertiary alicyclic amines) is 1. The third-order valence-corrected chi connectivity index (χ3v) is 4.78. The number of benzene rings is 1. The molecule has 0 unspecified atom stereocenters. The number of hydrogen-bond donors (Lipinski definition) is 1. The van der Waals surface area contributed by atoms with E-state index in [0.29, 0.717) is 43.9 Å². The summed E-state index contributed by atoms with van der Waals surface area (Å²) in [7, 11) is 0. The van der Waals surface area contributed by atoms with Crippen molar-refractivity contribution in [1.82, 2.24) is 10.2 Å². The van der Waals surface area contributed by atoms with E-state index in [4.69, 9.17) is 16.3 Å². The first kappa shape index (κ1) is 21.0. The predicted octanol–water partition coefficient (Wildman–Crippen LogP) is 3.54. The zero-order valence-electron chi connectivity index (χ0n) is 16.0. The Bertz CT molecular complexity index is 711. The fourth-order valence-corrected chi connectivity index (χ4v) is 3.05. The number of nitrogens with zero attached hydrogens (tertiary/aromatic N) is 2. The SMILES string of the molecule is CC(C)(C)OC(=O)N1CCC(C#N)(C(=O)NCCc2ccc(Cl)cc2)CC1. The molecule has 1 aromatic carbocycles. The van der Waals surface area contributed by atoms with Gasteiger partial charge in [-0.3, -0.25) is 4.79 Å². The molecule has 0 bridgehead atoms. The minimum absolute atomic E-state index is 0.275. The van der Waals surface area contributed by atoms with Crippen LogP contribution in [0, 0.1) is 16.7 Å². The molecular weight excluding hydrogens is 366 g/mol. The van der Waals surface area contributed by atoms with E-state index in [1.54, 1.807) is 4.90 Å².